The maximum absolute atomic E-state index is 12.7. The number of likely N-dealkylation sites (N-methyl/N-ethyl adjacent to an activating group) is 1. The molecule has 1 aliphatic carbocycles. The minimum atomic E-state index is -0.298. The number of carbonyl (C=O) groups excluding carboxylic acids is 2. The second-order valence-corrected chi connectivity index (χ2v) is 6.94. The van der Waals surface area contributed by atoms with Gasteiger partial charge in [0, 0.05) is 25.9 Å². The van der Waals surface area contributed by atoms with Crippen LogP contribution in [-0.2, 0) is 9.59 Å². The molecule has 3 rings (SSSR count). The van der Waals surface area contributed by atoms with E-state index in [0.717, 1.165) is 32.2 Å². The Morgan fingerprint density at radius 2 is 2.10 bits per heavy atom. The summed E-state index contributed by atoms with van der Waals surface area (Å²) >= 11 is 0. The third kappa shape index (κ3) is 2.17. The second-order valence-electron chi connectivity index (χ2n) is 6.94. The van der Waals surface area contributed by atoms with Crippen LogP contribution in [0.25, 0.3) is 0 Å². The Labute approximate surface area is 126 Å². The lowest BCUT2D eigenvalue weighted by molar-refractivity contribution is -0.153. The average Bonchev–Trinajstić information content (AvgIpc) is 2.72. The van der Waals surface area contributed by atoms with Gasteiger partial charge in [-0.25, -0.2) is 0 Å². The Kier molecular flexibility index (Phi) is 3.72. The predicted octanol–water partition coefficient (Wildman–Crippen LogP) is 1.15. The molecule has 1 spiro atoms. The normalized spacial score (nSPS) is 39.8. The van der Waals surface area contributed by atoms with E-state index in [0.29, 0.717) is 19.3 Å². The molecular weight excluding hydrogens is 268 g/mol. The van der Waals surface area contributed by atoms with Gasteiger partial charge < -0.3 is 14.9 Å². The van der Waals surface area contributed by atoms with Gasteiger partial charge in [0.15, 0.2) is 0 Å². The molecule has 3 aliphatic rings. The number of hydrogen-bond acceptors (Lipinski definition) is 3. The van der Waals surface area contributed by atoms with Crippen LogP contribution >= 0.6 is 0 Å². The molecular formula is C16H26N2O3. The minimum absolute atomic E-state index is 0.00777. The molecule has 2 atom stereocenters. The van der Waals surface area contributed by atoms with Crippen LogP contribution in [0.4, 0.5) is 0 Å². The fourth-order valence-corrected chi connectivity index (χ4v) is 4.65. The molecule has 0 unspecified atom stereocenters. The van der Waals surface area contributed by atoms with Gasteiger partial charge in [0.25, 0.3) is 0 Å². The zero-order chi connectivity index (χ0) is 15.2. The fourth-order valence-electron chi connectivity index (χ4n) is 4.65. The predicted molar refractivity (Wildman–Crippen MR) is 78.5 cm³/mol. The van der Waals surface area contributed by atoms with E-state index in [2.05, 4.69) is 6.92 Å². The van der Waals surface area contributed by atoms with Gasteiger partial charge in [-0.1, -0.05) is 6.92 Å². The summed E-state index contributed by atoms with van der Waals surface area (Å²) in [6, 6.07) is 0.132. The number of nitrogens with zero attached hydrogens (tertiary/aromatic N) is 2. The van der Waals surface area contributed by atoms with Crippen molar-refractivity contribution in [3.63, 3.8) is 0 Å². The van der Waals surface area contributed by atoms with Crippen molar-refractivity contribution in [1.29, 1.82) is 0 Å². The van der Waals surface area contributed by atoms with Crippen molar-refractivity contribution in [2.75, 3.05) is 13.6 Å². The molecule has 0 aromatic heterocycles. The number of aliphatic hydroxyl groups is 1. The van der Waals surface area contributed by atoms with Gasteiger partial charge in [0.05, 0.1) is 17.7 Å². The number of aliphatic hydroxyl groups excluding tert-OH is 1. The molecule has 2 aliphatic heterocycles. The number of rotatable bonds is 2. The number of likely N-dealkylation sites (tertiary alicyclic amines) is 2. The first-order chi connectivity index (χ1) is 9.99. The van der Waals surface area contributed by atoms with Crippen LogP contribution in [0.1, 0.15) is 51.9 Å². The fraction of sp³-hybridized carbons (Fsp3) is 0.875. The summed E-state index contributed by atoms with van der Waals surface area (Å²) in [6.07, 6.45) is 5.25. The highest BCUT2D eigenvalue weighted by Gasteiger charge is 2.53. The van der Waals surface area contributed by atoms with Crippen molar-refractivity contribution >= 4 is 11.8 Å². The summed E-state index contributed by atoms with van der Waals surface area (Å²) in [5, 5.41) is 9.45. The Morgan fingerprint density at radius 3 is 2.62 bits per heavy atom. The van der Waals surface area contributed by atoms with E-state index in [1.54, 1.807) is 0 Å². The third-order valence-electron chi connectivity index (χ3n) is 5.95. The Bertz CT molecular complexity index is 447. The summed E-state index contributed by atoms with van der Waals surface area (Å²) in [4.78, 5) is 28.7. The lowest BCUT2D eigenvalue weighted by Crippen LogP contribution is -2.64. The molecule has 1 N–H and O–H groups in total. The molecule has 2 heterocycles. The van der Waals surface area contributed by atoms with Crippen molar-refractivity contribution in [3.05, 3.63) is 0 Å². The van der Waals surface area contributed by atoms with E-state index in [4.69, 9.17) is 0 Å². The van der Waals surface area contributed by atoms with E-state index in [1.807, 2.05) is 16.8 Å². The van der Waals surface area contributed by atoms with Crippen LogP contribution in [0, 0.1) is 5.92 Å². The summed E-state index contributed by atoms with van der Waals surface area (Å²) < 4.78 is 0. The molecule has 1 saturated carbocycles. The minimum Gasteiger partial charge on any atom is -0.393 e. The zero-order valence-corrected chi connectivity index (χ0v) is 13.0. The summed E-state index contributed by atoms with van der Waals surface area (Å²) in [6.45, 7) is 2.91. The Hall–Kier alpha value is -1.10. The van der Waals surface area contributed by atoms with Crippen LogP contribution < -0.4 is 0 Å². The van der Waals surface area contributed by atoms with E-state index in [9.17, 15) is 14.7 Å². The Morgan fingerprint density at radius 1 is 1.38 bits per heavy atom. The molecule has 5 heteroatoms. The molecule has 0 aromatic rings. The van der Waals surface area contributed by atoms with Crippen LogP contribution in [0.3, 0.4) is 0 Å². The van der Waals surface area contributed by atoms with Gasteiger partial charge >= 0.3 is 0 Å². The van der Waals surface area contributed by atoms with Crippen molar-refractivity contribution < 1.29 is 14.7 Å². The van der Waals surface area contributed by atoms with Gasteiger partial charge in [0.1, 0.15) is 0 Å². The molecule has 3 fully saturated rings. The number of amides is 2. The average molecular weight is 294 g/mol. The van der Waals surface area contributed by atoms with Crippen molar-refractivity contribution in [3.8, 4) is 0 Å². The van der Waals surface area contributed by atoms with E-state index >= 15 is 0 Å². The standard InChI is InChI=1S/C16H26N2O3/c1-3-13-16(7-5-14(20)17(16)2)6-4-8-18(13)15(21)11-9-12(19)10-11/h11-13,19H,3-10H2,1-2H3/t11?,12?,13-,16+/m1/s1. The third-order valence-corrected chi connectivity index (χ3v) is 5.95. The van der Waals surface area contributed by atoms with Gasteiger partial charge in [-0.05, 0) is 38.5 Å². The lowest BCUT2D eigenvalue weighted by atomic mass is 9.75. The van der Waals surface area contributed by atoms with E-state index in [1.165, 1.54) is 0 Å². The largest absolute Gasteiger partial charge is 0.393 e. The second kappa shape index (κ2) is 5.27. The van der Waals surface area contributed by atoms with Gasteiger partial charge in [-0.15, -0.1) is 0 Å². The topological polar surface area (TPSA) is 60.9 Å². The van der Waals surface area contributed by atoms with Gasteiger partial charge in [-0.2, -0.15) is 0 Å². The first-order valence-electron chi connectivity index (χ1n) is 8.25. The van der Waals surface area contributed by atoms with E-state index in [-0.39, 0.29) is 35.4 Å². The number of hydrogen-bond donors (Lipinski definition) is 1. The molecule has 21 heavy (non-hydrogen) atoms. The molecule has 2 amide bonds. The van der Waals surface area contributed by atoms with Gasteiger partial charge in [0.2, 0.25) is 11.8 Å². The summed E-state index contributed by atoms with van der Waals surface area (Å²) in [7, 11) is 1.90. The zero-order valence-electron chi connectivity index (χ0n) is 13.0. The number of carbonyl (C=O) groups is 2. The smallest absolute Gasteiger partial charge is 0.226 e. The van der Waals surface area contributed by atoms with Crippen LogP contribution in [-0.4, -0.2) is 58.0 Å². The highest BCUT2D eigenvalue weighted by Crippen LogP contribution is 2.43. The molecule has 0 bridgehead atoms. The highest BCUT2D eigenvalue weighted by atomic mass is 16.3. The van der Waals surface area contributed by atoms with Crippen LogP contribution in [0.5, 0.6) is 0 Å². The monoisotopic (exact) mass is 294 g/mol. The summed E-state index contributed by atoms with van der Waals surface area (Å²) in [5.74, 6) is 0.396. The first-order valence-corrected chi connectivity index (χ1v) is 8.25. The molecule has 2 saturated heterocycles. The van der Waals surface area contributed by atoms with E-state index < -0.39 is 0 Å². The summed E-state index contributed by atoms with van der Waals surface area (Å²) in [5.41, 5.74) is -0.151. The maximum atomic E-state index is 12.7. The van der Waals surface area contributed by atoms with Crippen LogP contribution in [0.15, 0.2) is 0 Å². The van der Waals surface area contributed by atoms with Crippen LogP contribution in [0.2, 0.25) is 0 Å². The molecule has 118 valence electrons. The SMILES string of the molecule is CC[C@H]1N(C(=O)C2CC(O)C2)CCC[C@]12CCC(=O)N2C. The van der Waals surface area contributed by atoms with Crippen molar-refractivity contribution in [1.82, 2.24) is 9.80 Å². The van der Waals surface area contributed by atoms with Gasteiger partial charge in [-0.3, -0.25) is 9.59 Å². The quantitative estimate of drug-likeness (QED) is 0.831. The first kappa shape index (κ1) is 14.8. The maximum Gasteiger partial charge on any atom is 0.226 e. The van der Waals surface area contributed by atoms with Crippen molar-refractivity contribution in [2.45, 2.75) is 69.6 Å². The van der Waals surface area contributed by atoms with Crippen molar-refractivity contribution in [2.24, 2.45) is 5.92 Å². The highest BCUT2D eigenvalue weighted by molar-refractivity contribution is 5.82. The molecule has 5 nitrogen and oxygen atoms in total. The lowest BCUT2D eigenvalue weighted by Gasteiger charge is -2.52. The molecule has 0 aromatic carbocycles. The molecule has 0 radical (unpaired) electrons. The number of piperidine rings is 1. The Balaban J connectivity index is 1.81.